The summed E-state index contributed by atoms with van der Waals surface area (Å²) >= 11 is 0. The van der Waals surface area contributed by atoms with Gasteiger partial charge in [-0.05, 0) is 101 Å². The molecule has 2 aromatic rings. The van der Waals surface area contributed by atoms with Crippen molar-refractivity contribution in [1.82, 2.24) is 0 Å². The molecule has 0 unspecified atom stereocenters. The lowest BCUT2D eigenvalue weighted by atomic mass is 9.90. The van der Waals surface area contributed by atoms with Crippen LogP contribution in [0.4, 0.5) is 0 Å². The number of nitrogens with zero attached hydrogens (tertiary/aromatic N) is 2. The molecule has 1 heterocycles. The molecule has 0 fully saturated rings. The van der Waals surface area contributed by atoms with E-state index in [1.807, 2.05) is 0 Å². The van der Waals surface area contributed by atoms with Crippen LogP contribution in [0.5, 0.6) is 0 Å². The Morgan fingerprint density at radius 3 is 1.35 bits per heavy atom. The Labute approximate surface area is 246 Å². The van der Waals surface area contributed by atoms with E-state index in [1.54, 1.807) is 4.70 Å². The van der Waals surface area contributed by atoms with Crippen LogP contribution in [0.25, 0.3) is 16.9 Å². The summed E-state index contributed by atoms with van der Waals surface area (Å²) in [7, 11) is 0. The van der Waals surface area contributed by atoms with Crippen LogP contribution in [-0.4, -0.2) is 4.70 Å². The van der Waals surface area contributed by atoms with Gasteiger partial charge in [-0.25, -0.2) is 4.70 Å². The summed E-state index contributed by atoms with van der Waals surface area (Å²) in [6, 6.07) is 13.9. The molecule has 0 saturated heterocycles. The molecule has 1 aliphatic rings. The summed E-state index contributed by atoms with van der Waals surface area (Å²) in [5.74, 6) is 0. The summed E-state index contributed by atoms with van der Waals surface area (Å²) in [6.07, 6.45) is 19.0. The van der Waals surface area contributed by atoms with E-state index in [9.17, 15) is 5.53 Å². The molecule has 1 aliphatic heterocycles. The minimum Gasteiger partial charge on any atom is -0.493 e. The Morgan fingerprint density at radius 1 is 0.475 bits per heavy atom. The second-order valence-corrected chi connectivity index (χ2v) is 12.2. The molecule has 0 aliphatic carbocycles. The topological polar surface area (TPSA) is 25.3 Å². The van der Waals surface area contributed by atoms with Gasteiger partial charge in [-0.2, -0.15) is 0 Å². The van der Waals surface area contributed by atoms with Gasteiger partial charge in [-0.3, -0.25) is 0 Å². The van der Waals surface area contributed by atoms with Gasteiger partial charge < -0.3 is 5.53 Å². The average molecular weight is 541 g/mol. The second-order valence-electron chi connectivity index (χ2n) is 12.2. The maximum atomic E-state index is 12.1. The van der Waals surface area contributed by atoms with E-state index in [0.717, 1.165) is 49.9 Å². The van der Waals surface area contributed by atoms with Crippen LogP contribution < -0.4 is 0 Å². The van der Waals surface area contributed by atoms with Crippen molar-refractivity contribution in [3.05, 3.63) is 86.5 Å². The summed E-state index contributed by atoms with van der Waals surface area (Å²) in [6.45, 7) is 13.5. The number of hydrogen-bond donors (Lipinski definition) is 0. The van der Waals surface area contributed by atoms with Crippen LogP contribution in [-0.2, 0) is 12.8 Å². The van der Waals surface area contributed by atoms with Crippen LogP contribution in [0.1, 0.15) is 151 Å². The van der Waals surface area contributed by atoms with Crippen LogP contribution in [0.15, 0.2) is 47.5 Å². The zero-order valence-electron chi connectivity index (χ0n) is 26.7. The SMILES string of the molecule is CCCCCCCCC1=C(c2cc(C)cc(CCCC)c2)[N+](=[N-])C(c2cc(C)cc(CCCC)c2)=C1CCCC. The fourth-order valence-electron chi connectivity index (χ4n) is 6.27. The molecule has 0 radical (unpaired) electrons. The number of hydrogen-bond acceptors (Lipinski definition) is 0. The molecular weight excluding hydrogens is 484 g/mol. The highest BCUT2D eigenvalue weighted by molar-refractivity contribution is 5.82. The lowest BCUT2D eigenvalue weighted by Crippen LogP contribution is -2.04. The second kappa shape index (κ2) is 16.7. The fraction of sp³-hybridized carbons (Fsp3) is 0.579. The molecule has 3 rings (SSSR count). The number of benzene rings is 2. The van der Waals surface area contributed by atoms with E-state index in [0.29, 0.717) is 0 Å². The van der Waals surface area contributed by atoms with Gasteiger partial charge in [0.2, 0.25) is 11.4 Å². The predicted octanol–water partition coefficient (Wildman–Crippen LogP) is 12.1. The molecule has 0 N–H and O–H groups in total. The zero-order valence-corrected chi connectivity index (χ0v) is 26.7. The predicted molar refractivity (Wildman–Crippen MR) is 175 cm³/mol. The average Bonchev–Trinajstić information content (AvgIpc) is 3.21. The van der Waals surface area contributed by atoms with Gasteiger partial charge in [0, 0.05) is 22.3 Å². The van der Waals surface area contributed by atoms with E-state index in [2.05, 4.69) is 77.9 Å². The summed E-state index contributed by atoms with van der Waals surface area (Å²) < 4.78 is 1.59. The Kier molecular flexibility index (Phi) is 13.4. The molecule has 2 aromatic carbocycles. The Hall–Kier alpha value is -2.48. The largest absolute Gasteiger partial charge is 0.493 e. The smallest absolute Gasteiger partial charge is 0.211 e. The first-order chi connectivity index (χ1) is 19.4. The molecule has 40 heavy (non-hydrogen) atoms. The van der Waals surface area contributed by atoms with E-state index < -0.39 is 0 Å². The molecule has 0 spiro atoms. The molecule has 2 nitrogen and oxygen atoms in total. The molecule has 0 aromatic heterocycles. The third kappa shape index (κ3) is 8.76. The molecule has 218 valence electrons. The molecule has 2 heteroatoms. The molecule has 0 amide bonds. The standard InChI is InChI=1S/C38H56N2/c1-7-11-15-16-17-18-22-36-35(21-14-10-4)37(33-25-29(5)23-31(27-33)19-12-8-2)40(39)38(36)34-26-30(6)24-32(28-34)20-13-9-3/h23-28H,7-22H2,1-6H3. The third-order valence-corrected chi connectivity index (χ3v) is 8.38. The number of allylic oxidation sites excluding steroid dienone is 2. The first-order valence-electron chi connectivity index (χ1n) is 16.6. The van der Waals surface area contributed by atoms with Crippen molar-refractivity contribution >= 4 is 11.4 Å². The van der Waals surface area contributed by atoms with Crippen molar-refractivity contribution < 1.29 is 4.70 Å². The highest BCUT2D eigenvalue weighted by atomic mass is 15.2. The van der Waals surface area contributed by atoms with Crippen molar-refractivity contribution in [3.8, 4) is 0 Å². The maximum Gasteiger partial charge on any atom is 0.211 e. The van der Waals surface area contributed by atoms with E-state index in [4.69, 9.17) is 0 Å². The van der Waals surface area contributed by atoms with Crippen molar-refractivity contribution in [1.29, 1.82) is 0 Å². The highest BCUT2D eigenvalue weighted by Gasteiger charge is 2.35. The van der Waals surface area contributed by atoms with Gasteiger partial charge in [-0.1, -0.05) is 102 Å². The van der Waals surface area contributed by atoms with Crippen LogP contribution >= 0.6 is 0 Å². The van der Waals surface area contributed by atoms with Gasteiger partial charge in [-0.15, -0.1) is 0 Å². The quantitative estimate of drug-likeness (QED) is 0.133. The van der Waals surface area contributed by atoms with Gasteiger partial charge in [0.05, 0.1) is 0 Å². The molecule has 0 bridgehead atoms. The van der Waals surface area contributed by atoms with Crippen molar-refractivity contribution in [2.24, 2.45) is 0 Å². The number of rotatable bonds is 18. The molecular formula is C38H56N2. The van der Waals surface area contributed by atoms with Crippen molar-refractivity contribution in [2.45, 2.75) is 144 Å². The molecule has 0 saturated carbocycles. The Morgan fingerprint density at radius 2 is 0.875 bits per heavy atom. The van der Waals surface area contributed by atoms with Crippen LogP contribution in [0.2, 0.25) is 0 Å². The normalized spacial score (nSPS) is 13.7. The maximum absolute atomic E-state index is 12.1. The summed E-state index contributed by atoms with van der Waals surface area (Å²) in [5.41, 5.74) is 24.6. The number of aryl methyl sites for hydroxylation is 4. The van der Waals surface area contributed by atoms with Crippen LogP contribution in [0.3, 0.4) is 0 Å². The minimum atomic E-state index is 1.02. The van der Waals surface area contributed by atoms with Gasteiger partial charge >= 0.3 is 0 Å². The van der Waals surface area contributed by atoms with Crippen molar-refractivity contribution in [2.75, 3.05) is 0 Å². The van der Waals surface area contributed by atoms with Gasteiger partial charge in [0.25, 0.3) is 0 Å². The van der Waals surface area contributed by atoms with E-state index in [1.165, 1.54) is 109 Å². The Bertz CT molecular complexity index is 1180. The van der Waals surface area contributed by atoms with Gasteiger partial charge in [0.15, 0.2) is 0 Å². The third-order valence-electron chi connectivity index (χ3n) is 8.38. The minimum absolute atomic E-state index is 1.02. The lowest BCUT2D eigenvalue weighted by Gasteiger charge is -2.13. The van der Waals surface area contributed by atoms with Gasteiger partial charge in [0.1, 0.15) is 0 Å². The van der Waals surface area contributed by atoms with E-state index >= 15 is 0 Å². The summed E-state index contributed by atoms with van der Waals surface area (Å²) in [5, 5.41) is 0. The summed E-state index contributed by atoms with van der Waals surface area (Å²) in [4.78, 5) is 0. The monoisotopic (exact) mass is 540 g/mol. The van der Waals surface area contributed by atoms with E-state index in [-0.39, 0.29) is 0 Å². The zero-order chi connectivity index (χ0) is 28.9. The lowest BCUT2D eigenvalue weighted by molar-refractivity contribution is -0.345. The molecule has 0 atom stereocenters. The first-order valence-corrected chi connectivity index (χ1v) is 16.6. The van der Waals surface area contributed by atoms with Crippen molar-refractivity contribution in [3.63, 3.8) is 0 Å². The fourth-order valence-corrected chi connectivity index (χ4v) is 6.27. The van der Waals surface area contributed by atoms with Crippen LogP contribution in [0, 0.1) is 13.8 Å². The number of unbranched alkanes of at least 4 members (excludes halogenated alkanes) is 8. The highest BCUT2D eigenvalue weighted by Crippen LogP contribution is 2.45. The first kappa shape index (κ1) is 32.0. The Balaban J connectivity index is 2.11.